The maximum atomic E-state index is 10.9. The molecule has 0 aliphatic heterocycles. The summed E-state index contributed by atoms with van der Waals surface area (Å²) in [5.41, 5.74) is 6.34. The van der Waals surface area contributed by atoms with Gasteiger partial charge in [0.15, 0.2) is 0 Å². The van der Waals surface area contributed by atoms with E-state index in [-0.39, 0.29) is 0 Å². The molecule has 0 spiro atoms. The molecule has 0 atom stereocenters. The summed E-state index contributed by atoms with van der Waals surface area (Å²) in [5, 5.41) is 5.03. The number of anilines is 2. The highest BCUT2D eigenvalue weighted by Gasteiger charge is 1.98. The molecule has 0 heterocycles. The van der Waals surface area contributed by atoms with Gasteiger partial charge in [-0.15, -0.1) is 0 Å². The van der Waals surface area contributed by atoms with Crippen molar-refractivity contribution in [3.05, 3.63) is 60.7 Å². The predicted octanol–water partition coefficient (Wildman–Crippen LogP) is 3.43. The van der Waals surface area contributed by atoms with Crippen molar-refractivity contribution in [3.8, 4) is 0 Å². The molecule has 0 radical (unpaired) electrons. The lowest BCUT2D eigenvalue weighted by atomic mass is 10.3. The molecule has 2 rings (SSSR count). The van der Waals surface area contributed by atoms with E-state index in [2.05, 4.69) is 10.6 Å². The van der Waals surface area contributed by atoms with Gasteiger partial charge in [0.05, 0.1) is 6.61 Å². The van der Waals surface area contributed by atoms with Crippen molar-refractivity contribution in [2.24, 2.45) is 5.73 Å². The lowest BCUT2D eigenvalue weighted by Crippen LogP contribution is -2.18. The van der Waals surface area contributed by atoms with Gasteiger partial charge >= 0.3 is 12.1 Å². The molecule has 22 heavy (non-hydrogen) atoms. The molecule has 0 fully saturated rings. The topological polar surface area (TPSA) is 93.4 Å². The van der Waals surface area contributed by atoms with E-state index in [1.54, 1.807) is 31.2 Å². The number of para-hydroxylation sites is 2. The Morgan fingerprint density at radius 1 is 0.909 bits per heavy atom. The molecule has 2 aromatic carbocycles. The van der Waals surface area contributed by atoms with E-state index in [9.17, 15) is 9.59 Å². The summed E-state index contributed by atoms with van der Waals surface area (Å²) in [6.45, 7) is 2.16. The standard InChI is InChI=1S/C9H11NO2.C7H8N2O/c1-2-12-9(11)10-8-6-4-3-5-7-8;8-7(10)9-6-4-2-1-3-5-6/h3-7H,2H2,1H3,(H,10,11);1-5H,(H3,8,9,10). The van der Waals surface area contributed by atoms with Crippen LogP contribution in [0.15, 0.2) is 60.7 Å². The smallest absolute Gasteiger partial charge is 0.411 e. The number of ether oxygens (including phenoxy) is 1. The summed E-state index contributed by atoms with van der Waals surface area (Å²) in [6, 6.07) is 17.7. The van der Waals surface area contributed by atoms with Crippen molar-refractivity contribution < 1.29 is 14.3 Å². The fraction of sp³-hybridized carbons (Fsp3) is 0.125. The Hall–Kier alpha value is -3.02. The quantitative estimate of drug-likeness (QED) is 0.810. The molecular weight excluding hydrogens is 282 g/mol. The number of amides is 3. The van der Waals surface area contributed by atoms with Gasteiger partial charge in [-0.2, -0.15) is 0 Å². The number of rotatable bonds is 3. The van der Waals surface area contributed by atoms with Crippen molar-refractivity contribution in [2.75, 3.05) is 17.2 Å². The molecule has 6 heteroatoms. The van der Waals surface area contributed by atoms with Crippen LogP contribution in [0.25, 0.3) is 0 Å². The number of nitrogens with one attached hydrogen (secondary N) is 2. The zero-order chi connectivity index (χ0) is 16.2. The van der Waals surface area contributed by atoms with Crippen molar-refractivity contribution in [3.63, 3.8) is 0 Å². The largest absolute Gasteiger partial charge is 0.450 e. The van der Waals surface area contributed by atoms with Crippen molar-refractivity contribution in [2.45, 2.75) is 6.92 Å². The molecule has 0 bridgehead atoms. The SMILES string of the molecule is CCOC(=O)Nc1ccccc1.NC(=O)Nc1ccccc1. The molecule has 6 nitrogen and oxygen atoms in total. The van der Waals surface area contributed by atoms with Crippen LogP contribution in [0, 0.1) is 0 Å². The maximum Gasteiger partial charge on any atom is 0.411 e. The van der Waals surface area contributed by atoms with Gasteiger partial charge in [-0.3, -0.25) is 5.32 Å². The summed E-state index contributed by atoms with van der Waals surface area (Å²) in [7, 11) is 0. The molecule has 2 aromatic rings. The van der Waals surface area contributed by atoms with Crippen LogP contribution in [0.1, 0.15) is 6.92 Å². The zero-order valence-corrected chi connectivity index (χ0v) is 12.3. The van der Waals surface area contributed by atoms with E-state index in [4.69, 9.17) is 10.5 Å². The van der Waals surface area contributed by atoms with Gasteiger partial charge in [-0.25, -0.2) is 9.59 Å². The molecule has 4 N–H and O–H groups in total. The molecule has 0 saturated heterocycles. The number of carbonyl (C=O) groups excluding carboxylic acids is 2. The first-order valence-corrected chi connectivity index (χ1v) is 6.72. The number of carbonyl (C=O) groups is 2. The zero-order valence-electron chi connectivity index (χ0n) is 12.3. The highest BCUT2D eigenvalue weighted by Crippen LogP contribution is 2.05. The number of hydrogen-bond donors (Lipinski definition) is 3. The predicted molar refractivity (Wildman–Crippen MR) is 86.7 cm³/mol. The average molecular weight is 301 g/mol. The van der Waals surface area contributed by atoms with E-state index in [1.807, 2.05) is 36.4 Å². The summed E-state index contributed by atoms with van der Waals surface area (Å²) < 4.78 is 4.70. The first-order valence-electron chi connectivity index (χ1n) is 6.72. The van der Waals surface area contributed by atoms with Crippen LogP contribution in [0.2, 0.25) is 0 Å². The Kier molecular flexibility index (Phi) is 7.60. The molecule has 0 saturated carbocycles. The second-order valence-electron chi connectivity index (χ2n) is 4.07. The van der Waals surface area contributed by atoms with Gasteiger partial charge in [0.25, 0.3) is 0 Å². The van der Waals surface area contributed by atoms with E-state index in [0.717, 1.165) is 11.4 Å². The van der Waals surface area contributed by atoms with Crippen molar-refractivity contribution in [1.82, 2.24) is 0 Å². The lowest BCUT2D eigenvalue weighted by Gasteiger charge is -2.03. The van der Waals surface area contributed by atoms with Crippen LogP contribution in [0.5, 0.6) is 0 Å². The molecule has 0 aliphatic carbocycles. The molecule has 0 aromatic heterocycles. The summed E-state index contributed by atoms with van der Waals surface area (Å²) in [6.07, 6.45) is -0.413. The number of nitrogens with two attached hydrogens (primary N) is 1. The Labute approximate surface area is 129 Å². The average Bonchev–Trinajstić information content (AvgIpc) is 2.49. The molecule has 0 aliphatic rings. The van der Waals surface area contributed by atoms with E-state index in [0.29, 0.717) is 6.61 Å². The first kappa shape index (κ1) is 17.0. The normalized spacial score (nSPS) is 8.95. The van der Waals surface area contributed by atoms with Crippen LogP contribution in [-0.2, 0) is 4.74 Å². The van der Waals surface area contributed by atoms with Crippen molar-refractivity contribution in [1.29, 1.82) is 0 Å². The summed E-state index contributed by atoms with van der Waals surface area (Å²) in [4.78, 5) is 21.2. The summed E-state index contributed by atoms with van der Waals surface area (Å²) >= 11 is 0. The molecular formula is C16H19N3O3. The Bertz CT molecular complexity index is 574. The lowest BCUT2D eigenvalue weighted by molar-refractivity contribution is 0.168. The highest BCUT2D eigenvalue weighted by atomic mass is 16.5. The van der Waals surface area contributed by atoms with Crippen LogP contribution < -0.4 is 16.4 Å². The van der Waals surface area contributed by atoms with Gasteiger partial charge in [0.1, 0.15) is 0 Å². The minimum Gasteiger partial charge on any atom is -0.450 e. The second-order valence-corrected chi connectivity index (χ2v) is 4.07. The van der Waals surface area contributed by atoms with Crippen LogP contribution in [0.3, 0.4) is 0 Å². The van der Waals surface area contributed by atoms with Gasteiger partial charge in [-0.05, 0) is 31.2 Å². The number of benzene rings is 2. The Morgan fingerprint density at radius 3 is 1.77 bits per heavy atom. The Morgan fingerprint density at radius 2 is 1.36 bits per heavy atom. The van der Waals surface area contributed by atoms with E-state index < -0.39 is 12.1 Å². The third-order valence-corrected chi connectivity index (χ3v) is 2.34. The Balaban J connectivity index is 0.000000224. The van der Waals surface area contributed by atoms with Crippen LogP contribution in [-0.4, -0.2) is 18.7 Å². The number of urea groups is 1. The molecule has 116 valence electrons. The fourth-order valence-corrected chi connectivity index (χ4v) is 1.47. The van der Waals surface area contributed by atoms with Gasteiger partial charge in [0.2, 0.25) is 0 Å². The van der Waals surface area contributed by atoms with E-state index in [1.165, 1.54) is 0 Å². The monoisotopic (exact) mass is 301 g/mol. The van der Waals surface area contributed by atoms with Crippen LogP contribution >= 0.6 is 0 Å². The highest BCUT2D eigenvalue weighted by molar-refractivity contribution is 5.87. The first-order chi connectivity index (χ1) is 10.6. The fourth-order valence-electron chi connectivity index (χ4n) is 1.47. The molecule has 3 amide bonds. The van der Waals surface area contributed by atoms with Gasteiger partial charge in [-0.1, -0.05) is 36.4 Å². The van der Waals surface area contributed by atoms with Gasteiger partial charge in [0, 0.05) is 11.4 Å². The number of hydrogen-bond acceptors (Lipinski definition) is 3. The minimum atomic E-state index is -0.536. The summed E-state index contributed by atoms with van der Waals surface area (Å²) in [5.74, 6) is 0. The second kappa shape index (κ2) is 9.82. The maximum absolute atomic E-state index is 10.9. The third kappa shape index (κ3) is 7.54. The molecule has 0 unspecified atom stereocenters. The third-order valence-electron chi connectivity index (χ3n) is 2.34. The number of primary amides is 1. The van der Waals surface area contributed by atoms with Crippen LogP contribution in [0.4, 0.5) is 21.0 Å². The van der Waals surface area contributed by atoms with E-state index >= 15 is 0 Å². The van der Waals surface area contributed by atoms with Crippen molar-refractivity contribution >= 4 is 23.5 Å². The van der Waals surface area contributed by atoms with Gasteiger partial charge < -0.3 is 15.8 Å². The minimum absolute atomic E-state index is 0.388.